The molecule has 0 radical (unpaired) electrons. The molecule has 4 atom stereocenters. The van der Waals surface area contributed by atoms with E-state index in [-0.39, 0.29) is 47.2 Å². The summed E-state index contributed by atoms with van der Waals surface area (Å²) in [6.07, 6.45) is -0.195. The predicted molar refractivity (Wildman–Crippen MR) is 135 cm³/mol. The van der Waals surface area contributed by atoms with Crippen LogP contribution in [0.15, 0.2) is 28.7 Å². The van der Waals surface area contributed by atoms with Crippen LogP contribution < -0.4 is 5.73 Å². The van der Waals surface area contributed by atoms with Crippen molar-refractivity contribution in [1.29, 1.82) is 0 Å². The van der Waals surface area contributed by atoms with E-state index < -0.39 is 69.6 Å². The van der Waals surface area contributed by atoms with Gasteiger partial charge in [-0.1, -0.05) is 0 Å². The number of amides is 1. The summed E-state index contributed by atoms with van der Waals surface area (Å²) >= 11 is 0. The van der Waals surface area contributed by atoms with Crippen LogP contribution in [0.3, 0.4) is 0 Å². The third-order valence-electron chi connectivity index (χ3n) is 8.28. The predicted octanol–water partition coefficient (Wildman–Crippen LogP) is 1.49. The van der Waals surface area contributed by atoms with Gasteiger partial charge in [0.05, 0.1) is 11.6 Å². The summed E-state index contributed by atoms with van der Waals surface area (Å²) in [5.74, 6) is -8.28. The lowest BCUT2D eigenvalue weighted by Gasteiger charge is -2.50. The number of rotatable bonds is 4. The first-order valence-electron chi connectivity index (χ1n) is 12.3. The van der Waals surface area contributed by atoms with Crippen LogP contribution in [-0.4, -0.2) is 86.0 Å². The Kier molecular flexibility index (Phi) is 6.49. The van der Waals surface area contributed by atoms with Crippen LogP contribution >= 0.6 is 0 Å². The number of ketones is 2. The standard InChI is InChI=1S/C27H34FN3O7/c1-26(2,3)31(6)10-12-9-15(32)17-13(19(12)28)7-11-8-14-20(30(4)5)22(34)18(25(29)37)24(36)27(14,38)23(35)16(11)21(17)33/h9,11,14,20,32,34-35,38H,7-8,10H2,1-6H3,(H2,29,37)/t11-,14-,20-,27-/m0/s1. The van der Waals surface area contributed by atoms with Crippen molar-refractivity contribution < 1.29 is 39.2 Å². The molecule has 1 aromatic rings. The van der Waals surface area contributed by atoms with E-state index in [9.17, 15) is 34.8 Å². The number of benzene rings is 1. The SMILES string of the molecule is CN(C)[C@@H]1C(O)=C(C(N)=O)C(=O)[C@@]2(O)C(O)=C3C(=O)c4c(O)cc(CN(C)C(C)(C)C)c(F)c4C[C@H]3C[C@@H]12. The zero-order chi connectivity index (χ0) is 28.6. The number of Topliss-reactive ketones (excluding diaryl/α,β-unsaturated/α-hetero) is 2. The van der Waals surface area contributed by atoms with Crippen LogP contribution in [0.2, 0.25) is 0 Å². The first kappa shape index (κ1) is 27.7. The highest BCUT2D eigenvalue weighted by atomic mass is 19.1. The maximum atomic E-state index is 15.8. The molecule has 0 fully saturated rings. The molecule has 0 aliphatic heterocycles. The number of halogens is 1. The van der Waals surface area contributed by atoms with E-state index in [0.29, 0.717) is 0 Å². The molecule has 0 spiro atoms. The maximum Gasteiger partial charge on any atom is 0.255 e. The molecule has 1 aromatic carbocycles. The quantitative estimate of drug-likeness (QED) is 0.362. The van der Waals surface area contributed by atoms with Gasteiger partial charge in [0.1, 0.15) is 28.7 Å². The highest BCUT2D eigenvalue weighted by Crippen LogP contribution is 2.52. The largest absolute Gasteiger partial charge is 0.510 e. The number of carbonyl (C=O) groups excluding carboxylic acids is 3. The van der Waals surface area contributed by atoms with Gasteiger partial charge in [-0.2, -0.15) is 0 Å². The molecule has 11 heteroatoms. The lowest BCUT2D eigenvalue weighted by molar-refractivity contribution is -0.148. The Hall–Kier alpha value is -3.28. The molecule has 0 aromatic heterocycles. The number of nitrogens with zero attached hydrogens (tertiary/aromatic N) is 2. The Morgan fingerprint density at radius 1 is 1.18 bits per heavy atom. The van der Waals surface area contributed by atoms with Gasteiger partial charge in [-0.15, -0.1) is 0 Å². The number of primary amides is 1. The normalized spacial score (nSPS) is 27.6. The van der Waals surface area contributed by atoms with E-state index in [2.05, 4.69) is 0 Å². The second kappa shape index (κ2) is 8.89. The van der Waals surface area contributed by atoms with E-state index in [1.165, 1.54) is 11.0 Å². The number of likely N-dealkylation sites (N-methyl/N-ethyl adjacent to an activating group) is 1. The van der Waals surface area contributed by atoms with E-state index >= 15 is 4.39 Å². The van der Waals surface area contributed by atoms with Crippen LogP contribution in [0.25, 0.3) is 0 Å². The summed E-state index contributed by atoms with van der Waals surface area (Å²) < 4.78 is 15.8. The fraction of sp³-hybridized carbons (Fsp3) is 0.519. The van der Waals surface area contributed by atoms with Crippen molar-refractivity contribution >= 4 is 17.5 Å². The third kappa shape index (κ3) is 3.83. The Morgan fingerprint density at radius 2 is 1.79 bits per heavy atom. The number of aliphatic hydroxyl groups is 3. The Labute approximate surface area is 219 Å². The summed E-state index contributed by atoms with van der Waals surface area (Å²) in [4.78, 5) is 42.3. The van der Waals surface area contributed by atoms with E-state index in [1.807, 2.05) is 32.7 Å². The third-order valence-corrected chi connectivity index (χ3v) is 8.28. The molecule has 0 heterocycles. The molecule has 6 N–H and O–H groups in total. The van der Waals surface area contributed by atoms with Gasteiger partial charge in [0.15, 0.2) is 11.4 Å². The van der Waals surface area contributed by atoms with E-state index in [0.717, 1.165) is 0 Å². The number of allylic oxidation sites excluding steroid dienone is 1. The highest BCUT2D eigenvalue weighted by Gasteiger charge is 2.63. The molecule has 0 bridgehead atoms. The van der Waals surface area contributed by atoms with Crippen molar-refractivity contribution in [2.75, 3.05) is 21.1 Å². The average Bonchev–Trinajstić information content (AvgIpc) is 2.78. The summed E-state index contributed by atoms with van der Waals surface area (Å²) in [6.45, 7) is 6.03. The molecule has 38 heavy (non-hydrogen) atoms. The van der Waals surface area contributed by atoms with E-state index in [1.54, 1.807) is 14.1 Å². The molecule has 1 amide bonds. The van der Waals surface area contributed by atoms with Crippen LogP contribution in [-0.2, 0) is 22.6 Å². The van der Waals surface area contributed by atoms with Gasteiger partial charge in [-0.3, -0.25) is 24.2 Å². The average molecular weight is 532 g/mol. The lowest BCUT2D eigenvalue weighted by atomic mass is 9.58. The molecule has 3 aliphatic carbocycles. The Morgan fingerprint density at radius 3 is 2.32 bits per heavy atom. The van der Waals surface area contributed by atoms with Gasteiger partial charge in [-0.25, -0.2) is 4.39 Å². The molecule has 206 valence electrons. The number of aromatic hydroxyl groups is 1. The second-order valence-corrected chi connectivity index (χ2v) is 11.7. The highest BCUT2D eigenvalue weighted by molar-refractivity contribution is 6.24. The number of nitrogens with two attached hydrogens (primary N) is 1. The Bertz CT molecular complexity index is 1330. The smallest absolute Gasteiger partial charge is 0.255 e. The second-order valence-electron chi connectivity index (χ2n) is 11.7. The number of aliphatic hydroxyl groups excluding tert-OH is 2. The van der Waals surface area contributed by atoms with Gasteiger partial charge in [0, 0.05) is 34.7 Å². The Balaban J connectivity index is 1.89. The number of phenols is 1. The molecule has 0 saturated heterocycles. The van der Waals surface area contributed by atoms with Crippen molar-refractivity contribution in [3.8, 4) is 5.75 Å². The molecular weight excluding hydrogens is 497 g/mol. The lowest BCUT2D eigenvalue weighted by Crippen LogP contribution is -2.63. The minimum Gasteiger partial charge on any atom is -0.510 e. The molecule has 0 unspecified atom stereocenters. The minimum atomic E-state index is -2.73. The first-order valence-corrected chi connectivity index (χ1v) is 12.3. The van der Waals surface area contributed by atoms with Crippen molar-refractivity contribution in [3.05, 3.63) is 51.2 Å². The van der Waals surface area contributed by atoms with Crippen LogP contribution in [0.1, 0.15) is 48.7 Å². The molecule has 3 aliphatic rings. The molecule has 10 nitrogen and oxygen atoms in total. The van der Waals surface area contributed by atoms with Crippen molar-refractivity contribution in [2.45, 2.75) is 57.3 Å². The van der Waals surface area contributed by atoms with Crippen molar-refractivity contribution in [2.24, 2.45) is 17.6 Å². The summed E-state index contributed by atoms with van der Waals surface area (Å²) in [5.41, 5.74) is 0.943. The fourth-order valence-electron chi connectivity index (χ4n) is 5.96. The van der Waals surface area contributed by atoms with Gasteiger partial charge in [-0.05, 0) is 66.7 Å². The molecular formula is C27H34FN3O7. The monoisotopic (exact) mass is 531 g/mol. The van der Waals surface area contributed by atoms with Crippen molar-refractivity contribution in [3.63, 3.8) is 0 Å². The van der Waals surface area contributed by atoms with Crippen LogP contribution in [0, 0.1) is 17.7 Å². The number of carbonyl (C=O) groups is 3. The molecule has 4 rings (SSSR count). The molecule has 0 saturated carbocycles. The number of fused-ring (bicyclic) bond motifs is 3. The zero-order valence-electron chi connectivity index (χ0n) is 22.3. The summed E-state index contributed by atoms with van der Waals surface area (Å²) in [5, 5.41) is 44.4. The van der Waals surface area contributed by atoms with Gasteiger partial charge < -0.3 is 26.2 Å². The number of hydrogen-bond acceptors (Lipinski definition) is 9. The maximum absolute atomic E-state index is 15.8. The fourth-order valence-corrected chi connectivity index (χ4v) is 5.96. The summed E-state index contributed by atoms with van der Waals surface area (Å²) in [6, 6.07) is 0.0669. The van der Waals surface area contributed by atoms with Gasteiger partial charge in [0.25, 0.3) is 5.91 Å². The topological polar surface area (TPSA) is 165 Å². The van der Waals surface area contributed by atoms with Gasteiger partial charge in [0.2, 0.25) is 5.78 Å². The first-order chi connectivity index (χ1) is 17.4. The van der Waals surface area contributed by atoms with Crippen LogP contribution in [0.5, 0.6) is 5.75 Å². The number of phenolic OH excluding ortho intramolecular Hbond substituents is 1. The van der Waals surface area contributed by atoms with Crippen LogP contribution in [0.4, 0.5) is 4.39 Å². The van der Waals surface area contributed by atoms with Gasteiger partial charge >= 0.3 is 0 Å². The minimum absolute atomic E-state index is 0.0135. The zero-order valence-corrected chi connectivity index (χ0v) is 22.3. The van der Waals surface area contributed by atoms with Crippen molar-refractivity contribution in [1.82, 2.24) is 9.80 Å². The summed E-state index contributed by atoms with van der Waals surface area (Å²) in [7, 11) is 4.90. The number of hydrogen-bond donors (Lipinski definition) is 5. The van der Waals surface area contributed by atoms with E-state index in [4.69, 9.17) is 5.73 Å².